The number of rotatable bonds is 2. The predicted molar refractivity (Wildman–Crippen MR) is 64.7 cm³/mol. The highest BCUT2D eigenvalue weighted by molar-refractivity contribution is 5.17. The van der Waals surface area contributed by atoms with E-state index < -0.39 is 0 Å². The molecule has 0 aromatic heterocycles. The van der Waals surface area contributed by atoms with Crippen molar-refractivity contribution in [3.63, 3.8) is 0 Å². The zero-order chi connectivity index (χ0) is 11.4. The molecule has 2 rings (SSSR count). The fourth-order valence-electron chi connectivity index (χ4n) is 2.36. The molecule has 2 heteroatoms. The molecule has 1 fully saturated rings. The summed E-state index contributed by atoms with van der Waals surface area (Å²) in [6.45, 7) is 4.00. The van der Waals surface area contributed by atoms with Gasteiger partial charge in [0.25, 0.3) is 0 Å². The Balaban J connectivity index is 2.11. The Morgan fingerprint density at radius 3 is 2.75 bits per heavy atom. The minimum absolute atomic E-state index is 0.270. The van der Waals surface area contributed by atoms with Gasteiger partial charge in [0.15, 0.2) is 0 Å². The van der Waals surface area contributed by atoms with Gasteiger partial charge in [-0.2, -0.15) is 5.26 Å². The van der Waals surface area contributed by atoms with E-state index in [9.17, 15) is 5.26 Å². The van der Waals surface area contributed by atoms with Crippen LogP contribution in [0.3, 0.4) is 0 Å². The molecule has 0 saturated carbocycles. The Morgan fingerprint density at radius 1 is 1.31 bits per heavy atom. The van der Waals surface area contributed by atoms with Crippen LogP contribution in [0.25, 0.3) is 0 Å². The second-order valence-electron chi connectivity index (χ2n) is 4.75. The number of nitrogens with zero attached hydrogens (tertiary/aromatic N) is 2. The summed E-state index contributed by atoms with van der Waals surface area (Å²) in [6, 6.07) is 12.9. The minimum atomic E-state index is -0.270. The molecule has 84 valence electrons. The first-order valence-electron chi connectivity index (χ1n) is 5.95. The first-order valence-corrected chi connectivity index (χ1v) is 5.95. The molecular weight excluding hydrogens is 196 g/mol. The predicted octanol–water partition coefficient (Wildman–Crippen LogP) is 2.95. The van der Waals surface area contributed by atoms with Crippen molar-refractivity contribution < 1.29 is 0 Å². The van der Waals surface area contributed by atoms with Crippen LogP contribution in [0.15, 0.2) is 30.3 Å². The number of piperidine rings is 1. The van der Waals surface area contributed by atoms with E-state index in [1.54, 1.807) is 0 Å². The Hall–Kier alpha value is -1.33. The van der Waals surface area contributed by atoms with Gasteiger partial charge in [-0.25, -0.2) is 0 Å². The maximum absolute atomic E-state index is 9.31. The largest absolute Gasteiger partial charge is 0.281 e. The molecule has 1 aliphatic rings. The minimum Gasteiger partial charge on any atom is -0.281 e. The molecule has 1 atom stereocenters. The van der Waals surface area contributed by atoms with Crippen LogP contribution in [0.4, 0.5) is 0 Å². The van der Waals surface area contributed by atoms with E-state index in [2.05, 4.69) is 42.2 Å². The molecule has 0 amide bonds. The molecule has 16 heavy (non-hydrogen) atoms. The highest BCUT2D eigenvalue weighted by atomic mass is 15.2. The first-order chi connectivity index (χ1) is 7.74. The van der Waals surface area contributed by atoms with Crippen molar-refractivity contribution in [3.8, 4) is 6.07 Å². The summed E-state index contributed by atoms with van der Waals surface area (Å²) in [5, 5.41) is 9.31. The Bertz CT molecular complexity index is 379. The smallest absolute Gasteiger partial charge is 0.106 e. The number of nitriles is 1. The highest BCUT2D eigenvalue weighted by Crippen LogP contribution is 2.28. The zero-order valence-corrected chi connectivity index (χ0v) is 9.82. The van der Waals surface area contributed by atoms with Gasteiger partial charge < -0.3 is 0 Å². The third kappa shape index (κ3) is 2.25. The highest BCUT2D eigenvalue weighted by Gasteiger charge is 2.34. The lowest BCUT2D eigenvalue weighted by molar-refractivity contribution is 0.0987. The van der Waals surface area contributed by atoms with Crippen molar-refractivity contribution in [2.45, 2.75) is 38.3 Å². The fraction of sp³-hybridized carbons (Fsp3) is 0.500. The van der Waals surface area contributed by atoms with Gasteiger partial charge in [-0.05, 0) is 38.3 Å². The van der Waals surface area contributed by atoms with E-state index >= 15 is 0 Å². The summed E-state index contributed by atoms with van der Waals surface area (Å²) in [7, 11) is 0. The van der Waals surface area contributed by atoms with Crippen molar-refractivity contribution in [1.29, 1.82) is 5.26 Å². The lowest BCUT2D eigenvalue weighted by Gasteiger charge is -2.39. The topological polar surface area (TPSA) is 27.0 Å². The SMILES string of the molecule is C[C@]1(C#N)CCCCN1Cc1ccccc1. The lowest BCUT2D eigenvalue weighted by atomic mass is 9.89. The maximum atomic E-state index is 9.31. The van der Waals surface area contributed by atoms with Crippen molar-refractivity contribution in [3.05, 3.63) is 35.9 Å². The summed E-state index contributed by atoms with van der Waals surface area (Å²) in [6.07, 6.45) is 3.38. The van der Waals surface area contributed by atoms with Crippen molar-refractivity contribution in [2.24, 2.45) is 0 Å². The van der Waals surface area contributed by atoms with Crippen molar-refractivity contribution in [1.82, 2.24) is 4.90 Å². The van der Waals surface area contributed by atoms with Crippen LogP contribution in [-0.4, -0.2) is 17.0 Å². The van der Waals surface area contributed by atoms with Crippen LogP contribution in [0.2, 0.25) is 0 Å². The third-order valence-corrected chi connectivity index (χ3v) is 3.50. The van der Waals surface area contributed by atoms with Crippen LogP contribution in [0.5, 0.6) is 0 Å². The Kier molecular flexibility index (Phi) is 3.26. The number of benzene rings is 1. The summed E-state index contributed by atoms with van der Waals surface area (Å²) in [5.74, 6) is 0. The van der Waals surface area contributed by atoms with Gasteiger partial charge in [-0.1, -0.05) is 30.3 Å². The molecule has 2 nitrogen and oxygen atoms in total. The van der Waals surface area contributed by atoms with Gasteiger partial charge in [0.2, 0.25) is 0 Å². The molecule has 0 aliphatic carbocycles. The average Bonchev–Trinajstić information content (AvgIpc) is 2.34. The summed E-state index contributed by atoms with van der Waals surface area (Å²) in [4.78, 5) is 2.31. The van der Waals surface area contributed by atoms with Crippen molar-refractivity contribution in [2.75, 3.05) is 6.54 Å². The summed E-state index contributed by atoms with van der Waals surface area (Å²) < 4.78 is 0. The molecule has 0 spiro atoms. The summed E-state index contributed by atoms with van der Waals surface area (Å²) in [5.41, 5.74) is 1.03. The molecule has 1 aromatic rings. The first kappa shape index (κ1) is 11.2. The molecular formula is C14H18N2. The normalized spacial score (nSPS) is 26.2. The van der Waals surface area contributed by atoms with Crippen LogP contribution < -0.4 is 0 Å². The van der Waals surface area contributed by atoms with Gasteiger partial charge in [-0.15, -0.1) is 0 Å². The van der Waals surface area contributed by atoms with Gasteiger partial charge in [0.1, 0.15) is 5.54 Å². The number of hydrogen-bond donors (Lipinski definition) is 0. The third-order valence-electron chi connectivity index (χ3n) is 3.50. The zero-order valence-electron chi connectivity index (χ0n) is 9.82. The Morgan fingerprint density at radius 2 is 2.06 bits per heavy atom. The second-order valence-corrected chi connectivity index (χ2v) is 4.75. The van der Waals surface area contributed by atoms with Gasteiger partial charge in [0, 0.05) is 6.54 Å². The monoisotopic (exact) mass is 214 g/mol. The quantitative estimate of drug-likeness (QED) is 0.756. The molecule has 1 saturated heterocycles. The van der Waals surface area contributed by atoms with E-state index in [1.807, 2.05) is 6.07 Å². The molecule has 0 radical (unpaired) electrons. The van der Waals surface area contributed by atoms with Crippen LogP contribution in [-0.2, 0) is 6.54 Å². The van der Waals surface area contributed by atoms with Crippen LogP contribution >= 0.6 is 0 Å². The summed E-state index contributed by atoms with van der Waals surface area (Å²) >= 11 is 0. The molecule has 1 heterocycles. The number of likely N-dealkylation sites (tertiary alicyclic amines) is 1. The molecule has 1 aliphatic heterocycles. The van der Waals surface area contributed by atoms with E-state index in [0.717, 1.165) is 19.5 Å². The molecule has 0 N–H and O–H groups in total. The Labute approximate surface area is 97.5 Å². The standard InChI is InChI=1S/C14H18N2/c1-14(12-15)9-5-6-10-16(14)11-13-7-3-2-4-8-13/h2-4,7-8H,5-6,9-11H2,1H3/t14-/m1/s1. The average molecular weight is 214 g/mol. The molecule has 0 unspecified atom stereocenters. The van der Waals surface area contributed by atoms with Crippen molar-refractivity contribution >= 4 is 0 Å². The second kappa shape index (κ2) is 4.67. The molecule has 1 aromatic carbocycles. The van der Waals surface area contributed by atoms with E-state index in [-0.39, 0.29) is 5.54 Å². The van der Waals surface area contributed by atoms with E-state index in [4.69, 9.17) is 0 Å². The van der Waals surface area contributed by atoms with E-state index in [1.165, 1.54) is 18.4 Å². The van der Waals surface area contributed by atoms with Gasteiger partial charge in [0.05, 0.1) is 6.07 Å². The van der Waals surface area contributed by atoms with Gasteiger partial charge >= 0.3 is 0 Å². The van der Waals surface area contributed by atoms with E-state index in [0.29, 0.717) is 0 Å². The lowest BCUT2D eigenvalue weighted by Crippen LogP contribution is -2.47. The number of hydrogen-bond acceptors (Lipinski definition) is 2. The van der Waals surface area contributed by atoms with Gasteiger partial charge in [-0.3, -0.25) is 4.90 Å². The fourth-order valence-corrected chi connectivity index (χ4v) is 2.36. The molecule has 0 bridgehead atoms. The maximum Gasteiger partial charge on any atom is 0.106 e. The van der Waals surface area contributed by atoms with Crippen LogP contribution in [0.1, 0.15) is 31.7 Å². The van der Waals surface area contributed by atoms with Crippen LogP contribution in [0, 0.1) is 11.3 Å².